The molecule has 1 aliphatic carbocycles. The quantitative estimate of drug-likeness (QED) is 0.191. The highest BCUT2D eigenvalue weighted by Gasteiger charge is 2.50. The fourth-order valence-electron chi connectivity index (χ4n) is 7.84. The van der Waals surface area contributed by atoms with Gasteiger partial charge >= 0.3 is 12.1 Å². The van der Waals surface area contributed by atoms with E-state index in [0.717, 1.165) is 12.8 Å². The first-order chi connectivity index (χ1) is 23.3. The van der Waals surface area contributed by atoms with Crippen molar-refractivity contribution in [3.8, 4) is 0 Å². The number of primary amides is 1. The molecule has 0 aromatic carbocycles. The lowest BCUT2D eigenvalue weighted by atomic mass is 9.79. The van der Waals surface area contributed by atoms with Crippen molar-refractivity contribution in [3.05, 3.63) is 0 Å². The van der Waals surface area contributed by atoms with Crippen molar-refractivity contribution in [2.75, 3.05) is 41.3 Å². The zero-order valence-corrected chi connectivity index (χ0v) is 32.2. The van der Waals surface area contributed by atoms with Gasteiger partial charge in [0.1, 0.15) is 24.4 Å². The maximum atomic E-state index is 14.0. The zero-order chi connectivity index (χ0) is 37.7. The van der Waals surface area contributed by atoms with E-state index >= 15 is 0 Å². The van der Waals surface area contributed by atoms with Crippen LogP contribution in [0, 0.1) is 17.8 Å². The van der Waals surface area contributed by atoms with E-state index < -0.39 is 84.2 Å². The van der Waals surface area contributed by atoms with Crippen molar-refractivity contribution in [1.82, 2.24) is 15.1 Å². The van der Waals surface area contributed by atoms with Crippen molar-refractivity contribution in [1.29, 1.82) is 0 Å². The van der Waals surface area contributed by atoms with Crippen LogP contribution in [0.2, 0.25) is 0 Å². The number of nitrogens with zero attached hydrogens (tertiary/aromatic N) is 2. The average Bonchev–Trinajstić information content (AvgIpc) is 3.89. The van der Waals surface area contributed by atoms with E-state index in [1.807, 2.05) is 53.7 Å². The lowest BCUT2D eigenvalue weighted by Gasteiger charge is -2.47. The number of esters is 1. The third kappa shape index (κ3) is 10.4. The van der Waals surface area contributed by atoms with Crippen LogP contribution in [0.5, 0.6) is 0 Å². The van der Waals surface area contributed by atoms with Gasteiger partial charge in [0.25, 0.3) is 0 Å². The van der Waals surface area contributed by atoms with Gasteiger partial charge in [0.15, 0.2) is 11.9 Å². The van der Waals surface area contributed by atoms with Gasteiger partial charge in [-0.1, -0.05) is 27.7 Å². The van der Waals surface area contributed by atoms with Crippen LogP contribution < -0.4 is 11.1 Å². The van der Waals surface area contributed by atoms with Crippen LogP contribution in [0.15, 0.2) is 0 Å². The molecule has 1 saturated carbocycles. The molecule has 3 aliphatic rings. The van der Waals surface area contributed by atoms with Gasteiger partial charge in [-0.3, -0.25) is 9.59 Å². The van der Waals surface area contributed by atoms with Crippen LogP contribution in [-0.2, 0) is 33.3 Å². The number of aliphatic hydroxyl groups is 2. The molecule has 2 saturated heterocycles. The van der Waals surface area contributed by atoms with Gasteiger partial charge in [0.2, 0.25) is 0 Å². The molecule has 0 aromatic heterocycles. The first kappa shape index (κ1) is 42.5. The lowest BCUT2D eigenvalue weighted by molar-refractivity contribution is -0.306. The summed E-state index contributed by atoms with van der Waals surface area (Å²) in [6.45, 7) is 13.9. The fourth-order valence-corrected chi connectivity index (χ4v) is 7.84. The Balaban J connectivity index is 1.98. The summed E-state index contributed by atoms with van der Waals surface area (Å²) in [6, 6.07) is -0.145. The van der Waals surface area contributed by atoms with Crippen molar-refractivity contribution in [3.63, 3.8) is 0 Å². The standard InChI is InChI=1S/C36H66N4O10/c1-12-29-36(7,50-34(37)45)22(4)23(5)38-18-20(2)17-35(6,46-11)32(21(3)26(41)16-30(43)48-29)49-33-31(44)25(39(8)9)15-28(47-33)27(42)19-40(10)24-13-14-24/h20-25,27-29,31-33,38,42,44H,12-19H2,1-11H3,(H2,37,45)/t20-,21+,22-,23-,25?,27?,28?,29-,31?,32-,33+,35-,36+/m1/s1. The number of cyclic esters (lactones) is 1. The third-order valence-electron chi connectivity index (χ3n) is 11.6. The highest BCUT2D eigenvalue weighted by molar-refractivity contribution is 5.97. The molecular formula is C36H66N4O10. The highest BCUT2D eigenvalue weighted by Crippen LogP contribution is 2.38. The molecule has 0 bridgehead atoms. The van der Waals surface area contributed by atoms with E-state index in [0.29, 0.717) is 38.4 Å². The molecule has 290 valence electrons. The molecule has 14 nitrogen and oxygen atoms in total. The second kappa shape index (κ2) is 17.7. The predicted molar refractivity (Wildman–Crippen MR) is 187 cm³/mol. The Labute approximate surface area is 299 Å². The SMILES string of the molecule is CC[C@H]1OC(=O)CC(=O)[C@H](C)[C@@H](O[C@@H]2OC(C(O)CN(C)C3CC3)CC(N(C)C)C2O)[C@](C)(OC)C[C@@H](C)CN[C@H](C)[C@@H](C)[C@]1(C)OC(N)=O. The maximum Gasteiger partial charge on any atom is 0.405 e. The van der Waals surface area contributed by atoms with Gasteiger partial charge in [-0.2, -0.15) is 0 Å². The molecule has 4 unspecified atom stereocenters. The number of aliphatic hydroxyl groups excluding tert-OH is 2. The van der Waals surface area contributed by atoms with E-state index in [2.05, 4.69) is 17.1 Å². The smallest absolute Gasteiger partial charge is 0.405 e. The van der Waals surface area contributed by atoms with Crippen molar-refractivity contribution in [2.45, 2.75) is 153 Å². The van der Waals surface area contributed by atoms with E-state index in [1.165, 1.54) is 0 Å². The molecule has 0 aromatic rings. The summed E-state index contributed by atoms with van der Waals surface area (Å²) in [5, 5.41) is 26.4. The molecule has 0 spiro atoms. The Bertz CT molecular complexity index is 1140. The highest BCUT2D eigenvalue weighted by atomic mass is 16.7. The minimum Gasteiger partial charge on any atom is -0.458 e. The van der Waals surface area contributed by atoms with Crippen LogP contribution in [-0.4, -0.2) is 145 Å². The first-order valence-corrected chi connectivity index (χ1v) is 18.3. The third-order valence-corrected chi connectivity index (χ3v) is 11.6. The van der Waals surface area contributed by atoms with E-state index in [9.17, 15) is 24.6 Å². The molecule has 0 radical (unpaired) electrons. The number of carbonyl (C=O) groups excluding carboxylic acids is 3. The van der Waals surface area contributed by atoms with Gasteiger partial charge in [-0.05, 0) is 86.5 Å². The molecule has 14 heteroatoms. The van der Waals surface area contributed by atoms with Crippen molar-refractivity contribution in [2.24, 2.45) is 23.5 Å². The molecule has 3 fully saturated rings. The summed E-state index contributed by atoms with van der Waals surface area (Å²) in [5.41, 5.74) is 3.15. The van der Waals surface area contributed by atoms with Crippen LogP contribution in [0.4, 0.5) is 4.79 Å². The molecule has 5 N–H and O–H groups in total. The van der Waals surface area contributed by atoms with Crippen molar-refractivity contribution < 1.29 is 48.3 Å². The second-order valence-electron chi connectivity index (χ2n) is 15.8. The summed E-state index contributed by atoms with van der Waals surface area (Å²) in [4.78, 5) is 43.5. The number of nitrogens with one attached hydrogen (secondary N) is 1. The zero-order valence-electron chi connectivity index (χ0n) is 32.2. The molecule has 13 atom stereocenters. The van der Waals surface area contributed by atoms with Gasteiger partial charge in [-0.25, -0.2) is 4.79 Å². The fraction of sp³-hybridized carbons (Fsp3) is 0.917. The van der Waals surface area contributed by atoms with E-state index in [-0.39, 0.29) is 17.9 Å². The largest absolute Gasteiger partial charge is 0.458 e. The Morgan fingerprint density at radius 1 is 1.14 bits per heavy atom. The number of amides is 1. The van der Waals surface area contributed by atoms with Crippen molar-refractivity contribution >= 4 is 17.8 Å². The summed E-state index contributed by atoms with van der Waals surface area (Å²) in [7, 11) is 7.26. The summed E-state index contributed by atoms with van der Waals surface area (Å²) >= 11 is 0. The molecule has 3 rings (SSSR count). The second-order valence-corrected chi connectivity index (χ2v) is 15.8. The van der Waals surface area contributed by atoms with Gasteiger partial charge < -0.3 is 54.7 Å². The number of hydrogen-bond donors (Lipinski definition) is 4. The number of carbonyl (C=O) groups is 3. The van der Waals surface area contributed by atoms with Crippen LogP contribution in [0.3, 0.4) is 0 Å². The number of likely N-dealkylation sites (N-methyl/N-ethyl adjacent to an activating group) is 2. The molecular weight excluding hydrogens is 648 g/mol. The van der Waals surface area contributed by atoms with Gasteiger partial charge in [0, 0.05) is 43.6 Å². The Morgan fingerprint density at radius 2 is 1.78 bits per heavy atom. The van der Waals surface area contributed by atoms with E-state index in [4.69, 9.17) is 29.4 Å². The van der Waals surface area contributed by atoms with E-state index in [1.54, 1.807) is 21.0 Å². The average molecular weight is 715 g/mol. The molecule has 50 heavy (non-hydrogen) atoms. The Morgan fingerprint density at radius 3 is 2.32 bits per heavy atom. The monoisotopic (exact) mass is 714 g/mol. The molecule has 2 heterocycles. The Hall–Kier alpha value is -1.91. The Kier molecular flexibility index (Phi) is 15.1. The van der Waals surface area contributed by atoms with Crippen LogP contribution >= 0.6 is 0 Å². The number of ether oxygens (including phenoxy) is 5. The number of methoxy groups -OCH3 is 1. The van der Waals surface area contributed by atoms with Gasteiger partial charge in [-0.15, -0.1) is 0 Å². The number of ketones is 1. The lowest BCUT2D eigenvalue weighted by Crippen LogP contribution is -2.61. The summed E-state index contributed by atoms with van der Waals surface area (Å²) in [5.74, 6) is -2.47. The number of nitrogens with two attached hydrogens (primary N) is 1. The summed E-state index contributed by atoms with van der Waals surface area (Å²) in [6.07, 6.45) is -3.82. The van der Waals surface area contributed by atoms with Crippen LogP contribution in [0.1, 0.15) is 87.0 Å². The minimum absolute atomic E-state index is 0.00412. The van der Waals surface area contributed by atoms with Crippen LogP contribution in [0.25, 0.3) is 0 Å². The number of hydrogen-bond acceptors (Lipinski definition) is 13. The first-order valence-electron chi connectivity index (χ1n) is 18.3. The number of rotatable bonds is 10. The minimum atomic E-state index is -1.28. The number of Topliss-reactive ketones (excluding diaryl/α,β-unsaturated/α-hetero) is 1. The maximum absolute atomic E-state index is 14.0. The summed E-state index contributed by atoms with van der Waals surface area (Å²) < 4.78 is 30.7. The topological polar surface area (TPSA) is 182 Å². The van der Waals surface area contributed by atoms with Gasteiger partial charge in [0.05, 0.1) is 23.9 Å². The predicted octanol–water partition coefficient (Wildman–Crippen LogP) is 2.06. The normalized spacial score (nSPS) is 40.5. The molecule has 1 amide bonds. The molecule has 2 aliphatic heterocycles.